The predicted molar refractivity (Wildman–Crippen MR) is 97.4 cm³/mol. The zero-order valence-electron chi connectivity index (χ0n) is 14.0. The Balaban J connectivity index is 1.83. The lowest BCUT2D eigenvalue weighted by Gasteiger charge is -2.04. The summed E-state index contributed by atoms with van der Waals surface area (Å²) in [6, 6.07) is 15.7. The van der Waals surface area contributed by atoms with Crippen LogP contribution in [0.5, 0.6) is 5.75 Å². The Labute approximate surface area is 145 Å². The molecule has 0 aliphatic carbocycles. The normalized spacial score (nSPS) is 12.1. The van der Waals surface area contributed by atoms with Gasteiger partial charge in [-0.15, -0.1) is 0 Å². The van der Waals surface area contributed by atoms with Crippen molar-refractivity contribution in [1.82, 2.24) is 4.57 Å². The van der Waals surface area contributed by atoms with Crippen molar-refractivity contribution in [2.45, 2.75) is 19.8 Å². The number of fused-ring (bicyclic) bond motifs is 1. The molecule has 5 heteroatoms. The van der Waals surface area contributed by atoms with Crippen LogP contribution >= 0.6 is 11.3 Å². The number of hydrogen-bond acceptors (Lipinski definition) is 3. The lowest BCUT2D eigenvalue weighted by molar-refractivity contribution is -0.120. The smallest absolute Gasteiger partial charge is 0.286 e. The Bertz CT molecular complexity index is 923. The molecule has 3 rings (SSSR count). The summed E-state index contributed by atoms with van der Waals surface area (Å²) < 4.78 is 8.54. The number of benzene rings is 2. The quantitative estimate of drug-likeness (QED) is 0.723. The molecule has 0 aliphatic rings. The summed E-state index contributed by atoms with van der Waals surface area (Å²) in [5, 5.41) is 0. The predicted octanol–water partition coefficient (Wildman–Crippen LogP) is 3.87. The molecule has 0 saturated carbocycles. The molecule has 0 N–H and O–H groups in total. The maximum absolute atomic E-state index is 12.1. The molecular formula is C19H20N2O2S. The van der Waals surface area contributed by atoms with Crippen LogP contribution in [0.3, 0.4) is 0 Å². The molecule has 0 atom stereocenters. The second-order valence-corrected chi connectivity index (χ2v) is 6.94. The summed E-state index contributed by atoms with van der Waals surface area (Å²) >= 11 is 1.53. The van der Waals surface area contributed by atoms with Crippen LogP contribution in [0.4, 0.5) is 0 Å². The number of para-hydroxylation sites is 1. The van der Waals surface area contributed by atoms with Crippen LogP contribution in [0.25, 0.3) is 10.2 Å². The minimum Gasteiger partial charge on any atom is -0.484 e. The molecule has 24 heavy (non-hydrogen) atoms. The standard InChI is InChI=1S/C19H20N2O2S/c1-13(2)14-9-10-16-17(11-14)24-19(21(16)3)20-18(22)12-23-15-7-5-4-6-8-15/h4-11,13H,12H2,1-3H3. The SMILES string of the molecule is CC(C)c1ccc2c(c1)sc(=NC(=O)COc1ccccc1)n2C. The molecule has 1 amide bonds. The number of carbonyl (C=O) groups excluding carboxylic acids is 1. The summed E-state index contributed by atoms with van der Waals surface area (Å²) in [5.41, 5.74) is 2.37. The Morgan fingerprint density at radius 2 is 1.96 bits per heavy atom. The Morgan fingerprint density at radius 3 is 2.67 bits per heavy atom. The number of amides is 1. The second kappa shape index (κ2) is 7.01. The maximum Gasteiger partial charge on any atom is 0.286 e. The van der Waals surface area contributed by atoms with Crippen LogP contribution in [-0.4, -0.2) is 17.1 Å². The highest BCUT2D eigenvalue weighted by molar-refractivity contribution is 7.16. The van der Waals surface area contributed by atoms with Gasteiger partial charge in [0.25, 0.3) is 5.91 Å². The minimum absolute atomic E-state index is 0.0600. The fourth-order valence-corrected chi connectivity index (χ4v) is 3.50. The summed E-state index contributed by atoms with van der Waals surface area (Å²) in [6.07, 6.45) is 0. The number of hydrogen-bond donors (Lipinski definition) is 0. The Kier molecular flexibility index (Phi) is 4.81. The third-order valence-corrected chi connectivity index (χ3v) is 4.92. The van der Waals surface area contributed by atoms with Gasteiger partial charge in [0.2, 0.25) is 0 Å². The molecule has 1 aromatic heterocycles. The van der Waals surface area contributed by atoms with Gasteiger partial charge in [0.15, 0.2) is 11.4 Å². The van der Waals surface area contributed by atoms with Crippen molar-refractivity contribution in [3.05, 3.63) is 58.9 Å². The highest BCUT2D eigenvalue weighted by Gasteiger charge is 2.08. The maximum atomic E-state index is 12.1. The number of carbonyl (C=O) groups is 1. The number of thiazole rings is 1. The van der Waals surface area contributed by atoms with Gasteiger partial charge in [-0.3, -0.25) is 4.79 Å². The summed E-state index contributed by atoms with van der Waals surface area (Å²) in [4.78, 5) is 17.0. The molecule has 2 aromatic carbocycles. The van der Waals surface area contributed by atoms with Crippen molar-refractivity contribution in [3.8, 4) is 5.75 Å². The monoisotopic (exact) mass is 340 g/mol. The molecule has 0 spiro atoms. The van der Waals surface area contributed by atoms with Gasteiger partial charge < -0.3 is 9.30 Å². The highest BCUT2D eigenvalue weighted by atomic mass is 32.1. The third kappa shape index (κ3) is 3.57. The average Bonchev–Trinajstić information content (AvgIpc) is 2.89. The first kappa shape index (κ1) is 16.5. The van der Waals surface area contributed by atoms with Crippen molar-refractivity contribution in [3.63, 3.8) is 0 Å². The zero-order valence-corrected chi connectivity index (χ0v) is 14.8. The Hall–Kier alpha value is -2.40. The van der Waals surface area contributed by atoms with Crippen molar-refractivity contribution in [2.75, 3.05) is 6.61 Å². The molecule has 0 aliphatic heterocycles. The van der Waals surface area contributed by atoms with E-state index in [9.17, 15) is 4.79 Å². The molecule has 0 fully saturated rings. The fraction of sp³-hybridized carbons (Fsp3) is 0.263. The molecular weight excluding hydrogens is 320 g/mol. The summed E-state index contributed by atoms with van der Waals surface area (Å²) in [5.74, 6) is 0.858. The van der Waals surface area contributed by atoms with E-state index in [1.807, 2.05) is 41.9 Å². The first-order valence-corrected chi connectivity index (χ1v) is 8.71. The number of ether oxygens (including phenoxy) is 1. The Morgan fingerprint density at radius 1 is 1.21 bits per heavy atom. The third-order valence-electron chi connectivity index (χ3n) is 3.83. The van der Waals surface area contributed by atoms with Crippen LogP contribution in [-0.2, 0) is 11.8 Å². The topological polar surface area (TPSA) is 43.6 Å². The van der Waals surface area contributed by atoms with E-state index in [-0.39, 0.29) is 12.5 Å². The molecule has 4 nitrogen and oxygen atoms in total. The average molecular weight is 340 g/mol. The van der Waals surface area contributed by atoms with Gasteiger partial charge in [0.05, 0.1) is 10.2 Å². The van der Waals surface area contributed by atoms with Gasteiger partial charge in [-0.25, -0.2) is 0 Å². The van der Waals surface area contributed by atoms with Crippen LogP contribution in [0.15, 0.2) is 53.5 Å². The van der Waals surface area contributed by atoms with Crippen LogP contribution in [0.1, 0.15) is 25.3 Å². The number of nitrogens with zero attached hydrogens (tertiary/aromatic N) is 2. The van der Waals surface area contributed by atoms with Crippen molar-refractivity contribution in [1.29, 1.82) is 0 Å². The van der Waals surface area contributed by atoms with E-state index in [0.29, 0.717) is 16.5 Å². The van der Waals surface area contributed by atoms with Gasteiger partial charge >= 0.3 is 0 Å². The van der Waals surface area contributed by atoms with E-state index in [0.717, 1.165) is 10.2 Å². The van der Waals surface area contributed by atoms with Gasteiger partial charge in [-0.05, 0) is 35.7 Å². The number of aromatic nitrogens is 1. The van der Waals surface area contributed by atoms with Crippen LogP contribution in [0, 0.1) is 0 Å². The zero-order chi connectivity index (χ0) is 17.1. The second-order valence-electron chi connectivity index (χ2n) is 5.93. The minimum atomic E-state index is -0.287. The molecule has 1 heterocycles. The summed E-state index contributed by atoms with van der Waals surface area (Å²) in [6.45, 7) is 4.28. The van der Waals surface area contributed by atoms with Crippen LogP contribution in [0.2, 0.25) is 0 Å². The highest BCUT2D eigenvalue weighted by Crippen LogP contribution is 2.22. The molecule has 0 radical (unpaired) electrons. The largest absolute Gasteiger partial charge is 0.484 e. The van der Waals surface area contributed by atoms with Gasteiger partial charge in [0, 0.05) is 7.05 Å². The van der Waals surface area contributed by atoms with E-state index in [2.05, 4.69) is 37.0 Å². The van der Waals surface area contributed by atoms with E-state index in [1.54, 1.807) is 0 Å². The van der Waals surface area contributed by atoms with Crippen LogP contribution < -0.4 is 9.54 Å². The lowest BCUT2D eigenvalue weighted by atomic mass is 10.0. The van der Waals surface area contributed by atoms with Gasteiger partial charge in [0.1, 0.15) is 5.75 Å². The number of aryl methyl sites for hydroxylation is 1. The first-order valence-electron chi connectivity index (χ1n) is 7.89. The fourth-order valence-electron chi connectivity index (χ4n) is 2.42. The van der Waals surface area contributed by atoms with Crippen molar-refractivity contribution < 1.29 is 9.53 Å². The van der Waals surface area contributed by atoms with Crippen molar-refractivity contribution >= 4 is 27.5 Å². The van der Waals surface area contributed by atoms with Crippen molar-refractivity contribution in [2.24, 2.45) is 12.0 Å². The molecule has 124 valence electrons. The lowest BCUT2D eigenvalue weighted by Crippen LogP contribution is -2.17. The summed E-state index contributed by atoms with van der Waals surface area (Å²) in [7, 11) is 1.93. The molecule has 0 unspecified atom stereocenters. The first-order chi connectivity index (χ1) is 11.5. The number of rotatable bonds is 4. The van der Waals surface area contributed by atoms with Gasteiger partial charge in [-0.1, -0.05) is 49.4 Å². The van der Waals surface area contributed by atoms with E-state index in [1.165, 1.54) is 16.9 Å². The van der Waals surface area contributed by atoms with E-state index < -0.39 is 0 Å². The van der Waals surface area contributed by atoms with E-state index in [4.69, 9.17) is 4.74 Å². The van der Waals surface area contributed by atoms with E-state index >= 15 is 0 Å². The molecule has 0 saturated heterocycles. The molecule has 3 aromatic rings. The molecule has 0 bridgehead atoms. The van der Waals surface area contributed by atoms with Gasteiger partial charge in [-0.2, -0.15) is 4.99 Å².